The van der Waals surface area contributed by atoms with Crippen LogP contribution in [0.25, 0.3) is 0 Å². The molecule has 1 rings (SSSR count). The van der Waals surface area contributed by atoms with E-state index in [1.807, 2.05) is 0 Å². The van der Waals surface area contributed by atoms with Gasteiger partial charge in [0.1, 0.15) is 0 Å². The minimum absolute atomic E-state index is 0.0529. The van der Waals surface area contributed by atoms with E-state index in [0.717, 1.165) is 12.1 Å². The molecule has 0 aliphatic rings. The number of nitrogens with two attached hydrogens (primary N) is 1. The van der Waals surface area contributed by atoms with Crippen molar-refractivity contribution in [2.24, 2.45) is 11.3 Å². The van der Waals surface area contributed by atoms with E-state index in [-0.39, 0.29) is 11.1 Å². The summed E-state index contributed by atoms with van der Waals surface area (Å²) < 4.78 is 25.9. The maximum absolute atomic E-state index is 13.1. The molecule has 0 saturated heterocycles. The molecule has 2 nitrogen and oxygen atoms in total. The van der Waals surface area contributed by atoms with Gasteiger partial charge < -0.3 is 11.1 Å². The van der Waals surface area contributed by atoms with Crippen LogP contribution in [-0.2, 0) is 0 Å². The van der Waals surface area contributed by atoms with Gasteiger partial charge >= 0.3 is 0 Å². The van der Waals surface area contributed by atoms with Gasteiger partial charge in [0.25, 0.3) is 0 Å². The standard InChI is InChI=1S/C13H20F2N2/c1-8(2)13(3,4)7-17-12-6-10(15)9(14)5-11(12)16/h5-6,8,17H,7,16H2,1-4H3. The molecule has 0 aliphatic carbocycles. The highest BCUT2D eigenvalue weighted by Gasteiger charge is 2.22. The number of hydrogen-bond acceptors (Lipinski definition) is 2. The van der Waals surface area contributed by atoms with Crippen molar-refractivity contribution in [1.29, 1.82) is 0 Å². The molecule has 3 N–H and O–H groups in total. The van der Waals surface area contributed by atoms with E-state index in [1.165, 1.54) is 0 Å². The van der Waals surface area contributed by atoms with Gasteiger partial charge in [-0.05, 0) is 11.3 Å². The van der Waals surface area contributed by atoms with Crippen LogP contribution < -0.4 is 11.1 Å². The first-order valence-electron chi connectivity index (χ1n) is 5.72. The number of rotatable bonds is 4. The first kappa shape index (κ1) is 13.7. The first-order valence-corrected chi connectivity index (χ1v) is 5.72. The second kappa shape index (κ2) is 4.90. The summed E-state index contributed by atoms with van der Waals surface area (Å²) in [5.41, 5.74) is 6.35. The molecule has 0 spiro atoms. The van der Waals surface area contributed by atoms with Gasteiger partial charge in [-0.1, -0.05) is 27.7 Å². The highest BCUT2D eigenvalue weighted by molar-refractivity contribution is 5.66. The lowest BCUT2D eigenvalue weighted by atomic mass is 9.81. The molecule has 0 aromatic heterocycles. The predicted octanol–water partition coefficient (Wildman–Crippen LogP) is 3.64. The van der Waals surface area contributed by atoms with Crippen LogP contribution in [0.1, 0.15) is 27.7 Å². The van der Waals surface area contributed by atoms with E-state index in [0.29, 0.717) is 18.2 Å². The Labute approximate surface area is 101 Å². The molecule has 0 atom stereocenters. The second-order valence-electron chi connectivity index (χ2n) is 5.35. The minimum atomic E-state index is -0.920. The van der Waals surface area contributed by atoms with Crippen molar-refractivity contribution in [3.8, 4) is 0 Å². The lowest BCUT2D eigenvalue weighted by Gasteiger charge is -2.30. The SMILES string of the molecule is CC(C)C(C)(C)CNc1cc(F)c(F)cc1N. The lowest BCUT2D eigenvalue weighted by Crippen LogP contribution is -2.28. The van der Waals surface area contributed by atoms with Gasteiger partial charge in [0.15, 0.2) is 11.6 Å². The molecule has 0 unspecified atom stereocenters. The zero-order valence-electron chi connectivity index (χ0n) is 10.8. The molecule has 96 valence electrons. The lowest BCUT2D eigenvalue weighted by molar-refractivity contribution is 0.269. The first-order chi connectivity index (χ1) is 7.74. The quantitative estimate of drug-likeness (QED) is 0.791. The van der Waals surface area contributed by atoms with Crippen LogP contribution in [0.2, 0.25) is 0 Å². The molecule has 4 heteroatoms. The molecule has 0 fully saturated rings. The fourth-order valence-corrected chi connectivity index (χ4v) is 1.24. The van der Waals surface area contributed by atoms with Gasteiger partial charge in [-0.25, -0.2) is 8.78 Å². The number of nitrogens with one attached hydrogen (secondary N) is 1. The highest BCUT2D eigenvalue weighted by Crippen LogP contribution is 2.28. The fraction of sp³-hybridized carbons (Fsp3) is 0.538. The Hall–Kier alpha value is -1.32. The van der Waals surface area contributed by atoms with Gasteiger partial charge in [-0.2, -0.15) is 0 Å². The van der Waals surface area contributed by atoms with Crippen LogP contribution in [-0.4, -0.2) is 6.54 Å². The summed E-state index contributed by atoms with van der Waals surface area (Å²) in [6.45, 7) is 9.12. The average molecular weight is 242 g/mol. The Balaban J connectivity index is 2.80. The zero-order valence-corrected chi connectivity index (χ0v) is 10.8. The second-order valence-corrected chi connectivity index (χ2v) is 5.35. The van der Waals surface area contributed by atoms with Crippen molar-refractivity contribution in [3.05, 3.63) is 23.8 Å². The number of anilines is 2. The van der Waals surface area contributed by atoms with Gasteiger partial charge in [0.05, 0.1) is 11.4 Å². The van der Waals surface area contributed by atoms with E-state index >= 15 is 0 Å². The van der Waals surface area contributed by atoms with Gasteiger partial charge in [0, 0.05) is 18.7 Å². The topological polar surface area (TPSA) is 38.0 Å². The van der Waals surface area contributed by atoms with Crippen LogP contribution in [0.15, 0.2) is 12.1 Å². The Kier molecular flexibility index (Phi) is 3.96. The molecule has 0 heterocycles. The van der Waals surface area contributed by atoms with Crippen LogP contribution in [0, 0.1) is 23.0 Å². The van der Waals surface area contributed by atoms with E-state index < -0.39 is 11.6 Å². The third-order valence-electron chi connectivity index (χ3n) is 3.39. The number of benzene rings is 1. The molecule has 0 saturated carbocycles. The molecule has 0 aliphatic heterocycles. The fourth-order valence-electron chi connectivity index (χ4n) is 1.24. The summed E-state index contributed by atoms with van der Waals surface area (Å²) in [7, 11) is 0. The highest BCUT2D eigenvalue weighted by atomic mass is 19.2. The maximum Gasteiger partial charge on any atom is 0.161 e. The normalized spacial score (nSPS) is 11.9. The smallest absolute Gasteiger partial charge is 0.161 e. The van der Waals surface area contributed by atoms with Crippen molar-refractivity contribution in [3.63, 3.8) is 0 Å². The summed E-state index contributed by atoms with van der Waals surface area (Å²) in [4.78, 5) is 0. The van der Waals surface area contributed by atoms with Crippen LogP contribution in [0.4, 0.5) is 20.2 Å². The maximum atomic E-state index is 13.1. The summed E-state index contributed by atoms with van der Waals surface area (Å²) in [5, 5.41) is 3.07. The largest absolute Gasteiger partial charge is 0.397 e. The summed E-state index contributed by atoms with van der Waals surface area (Å²) in [6.07, 6.45) is 0. The average Bonchev–Trinajstić information content (AvgIpc) is 2.21. The Bertz CT molecular complexity index is 401. The van der Waals surface area contributed by atoms with Crippen molar-refractivity contribution < 1.29 is 8.78 Å². The molecular formula is C13H20F2N2. The zero-order chi connectivity index (χ0) is 13.2. The minimum Gasteiger partial charge on any atom is -0.397 e. The molecule has 0 radical (unpaired) electrons. The monoisotopic (exact) mass is 242 g/mol. The number of hydrogen-bond donors (Lipinski definition) is 2. The predicted molar refractivity (Wildman–Crippen MR) is 67.9 cm³/mol. The molecule has 17 heavy (non-hydrogen) atoms. The van der Waals surface area contributed by atoms with E-state index in [9.17, 15) is 8.78 Å². The molecule has 0 amide bonds. The van der Waals surface area contributed by atoms with E-state index in [1.54, 1.807) is 0 Å². The summed E-state index contributed by atoms with van der Waals surface area (Å²) >= 11 is 0. The van der Waals surface area contributed by atoms with Crippen LogP contribution >= 0.6 is 0 Å². The Morgan fingerprint density at radius 2 is 1.76 bits per heavy atom. The Morgan fingerprint density at radius 1 is 1.24 bits per heavy atom. The van der Waals surface area contributed by atoms with E-state index in [4.69, 9.17) is 5.73 Å². The van der Waals surface area contributed by atoms with Crippen molar-refractivity contribution >= 4 is 11.4 Å². The molecule has 0 bridgehead atoms. The van der Waals surface area contributed by atoms with Gasteiger partial charge in [0.2, 0.25) is 0 Å². The Morgan fingerprint density at radius 3 is 2.29 bits per heavy atom. The third kappa shape index (κ3) is 3.32. The van der Waals surface area contributed by atoms with Crippen molar-refractivity contribution in [1.82, 2.24) is 0 Å². The number of halogens is 2. The third-order valence-corrected chi connectivity index (χ3v) is 3.39. The van der Waals surface area contributed by atoms with Crippen molar-refractivity contribution in [2.45, 2.75) is 27.7 Å². The van der Waals surface area contributed by atoms with Gasteiger partial charge in [-0.15, -0.1) is 0 Å². The number of nitrogen functional groups attached to an aromatic ring is 1. The molecule has 1 aromatic rings. The van der Waals surface area contributed by atoms with Crippen molar-refractivity contribution in [2.75, 3.05) is 17.6 Å². The molecule has 1 aromatic carbocycles. The van der Waals surface area contributed by atoms with E-state index in [2.05, 4.69) is 33.0 Å². The van der Waals surface area contributed by atoms with Gasteiger partial charge in [-0.3, -0.25) is 0 Å². The van der Waals surface area contributed by atoms with Crippen LogP contribution in [0.3, 0.4) is 0 Å². The molecular weight excluding hydrogens is 222 g/mol. The van der Waals surface area contributed by atoms with Crippen LogP contribution in [0.5, 0.6) is 0 Å². The summed E-state index contributed by atoms with van der Waals surface area (Å²) in [5.74, 6) is -1.33. The summed E-state index contributed by atoms with van der Waals surface area (Å²) in [6, 6.07) is 2.10.